The Hall–Kier alpha value is -2.95. The summed E-state index contributed by atoms with van der Waals surface area (Å²) >= 11 is 0. The summed E-state index contributed by atoms with van der Waals surface area (Å²) in [5.74, 6) is 1.53. The molecule has 0 radical (unpaired) electrons. The van der Waals surface area contributed by atoms with Gasteiger partial charge in [0.1, 0.15) is 18.0 Å². The molecule has 0 saturated heterocycles. The van der Waals surface area contributed by atoms with Gasteiger partial charge in [0.05, 0.1) is 12.2 Å². The number of nitrogens with zero attached hydrogens (tertiary/aromatic N) is 3. The lowest BCUT2D eigenvalue weighted by Crippen LogP contribution is -2.05. The molecule has 24 heavy (non-hydrogen) atoms. The maximum absolute atomic E-state index is 4.32. The van der Waals surface area contributed by atoms with Gasteiger partial charge in [0.15, 0.2) is 0 Å². The van der Waals surface area contributed by atoms with Gasteiger partial charge in [-0.3, -0.25) is 4.98 Å². The molecule has 122 valence electrons. The van der Waals surface area contributed by atoms with Crippen LogP contribution in [0.15, 0.2) is 48.9 Å². The van der Waals surface area contributed by atoms with E-state index in [0.29, 0.717) is 6.54 Å². The number of hydrogen-bond donors (Lipinski definition) is 2. The van der Waals surface area contributed by atoms with E-state index in [1.54, 1.807) is 12.5 Å². The third-order valence-electron chi connectivity index (χ3n) is 3.77. The Kier molecular flexibility index (Phi) is 4.70. The van der Waals surface area contributed by atoms with Crippen molar-refractivity contribution < 1.29 is 0 Å². The van der Waals surface area contributed by atoms with Crippen LogP contribution in [0.1, 0.15) is 22.4 Å². The van der Waals surface area contributed by atoms with Gasteiger partial charge in [-0.05, 0) is 44.0 Å². The first-order valence-corrected chi connectivity index (χ1v) is 7.92. The van der Waals surface area contributed by atoms with Gasteiger partial charge in [-0.15, -0.1) is 0 Å². The molecule has 1 aromatic carbocycles. The highest BCUT2D eigenvalue weighted by molar-refractivity contribution is 5.66. The molecule has 3 aromatic rings. The average Bonchev–Trinajstić information content (AvgIpc) is 2.58. The van der Waals surface area contributed by atoms with Crippen molar-refractivity contribution in [3.63, 3.8) is 0 Å². The molecule has 5 heteroatoms. The van der Waals surface area contributed by atoms with Crippen LogP contribution in [0.25, 0.3) is 0 Å². The molecule has 0 saturated carbocycles. The normalized spacial score (nSPS) is 10.5. The van der Waals surface area contributed by atoms with Crippen LogP contribution < -0.4 is 10.6 Å². The van der Waals surface area contributed by atoms with Crippen LogP contribution in [-0.2, 0) is 6.54 Å². The second-order valence-electron chi connectivity index (χ2n) is 5.86. The maximum Gasteiger partial charge on any atom is 0.135 e. The van der Waals surface area contributed by atoms with Gasteiger partial charge in [-0.1, -0.05) is 23.8 Å². The van der Waals surface area contributed by atoms with E-state index in [2.05, 4.69) is 58.5 Å². The van der Waals surface area contributed by atoms with E-state index in [-0.39, 0.29) is 0 Å². The molecular weight excluding hydrogens is 298 g/mol. The molecule has 0 fully saturated rings. The summed E-state index contributed by atoms with van der Waals surface area (Å²) < 4.78 is 0. The Morgan fingerprint density at radius 3 is 2.33 bits per heavy atom. The summed E-state index contributed by atoms with van der Waals surface area (Å²) in [5, 5.41) is 6.67. The Bertz CT molecular complexity index is 807. The molecule has 0 bridgehead atoms. The van der Waals surface area contributed by atoms with Gasteiger partial charge in [0.2, 0.25) is 0 Å². The molecule has 0 aliphatic heterocycles. The monoisotopic (exact) mass is 319 g/mol. The second kappa shape index (κ2) is 7.08. The Morgan fingerprint density at radius 2 is 1.62 bits per heavy atom. The van der Waals surface area contributed by atoms with Crippen molar-refractivity contribution in [1.82, 2.24) is 15.0 Å². The standard InChI is InChI=1S/C19H21N5/c1-13-8-14(2)19(15(3)9-13)24-18-10-17(22-12-23-18)21-11-16-6-4-5-7-20-16/h4-10,12H,11H2,1-3H3,(H2,21,22,23,24). The molecule has 5 nitrogen and oxygen atoms in total. The summed E-state index contributed by atoms with van der Waals surface area (Å²) in [6.45, 7) is 6.93. The largest absolute Gasteiger partial charge is 0.364 e. The Balaban J connectivity index is 1.74. The molecule has 2 heterocycles. The molecule has 2 N–H and O–H groups in total. The fourth-order valence-corrected chi connectivity index (χ4v) is 2.71. The minimum Gasteiger partial charge on any atom is -0.364 e. The first-order chi connectivity index (χ1) is 11.6. The van der Waals surface area contributed by atoms with Crippen LogP contribution in [-0.4, -0.2) is 15.0 Å². The SMILES string of the molecule is Cc1cc(C)c(Nc2cc(NCc3ccccn3)ncn2)c(C)c1. The minimum absolute atomic E-state index is 0.625. The van der Waals surface area contributed by atoms with Gasteiger partial charge >= 0.3 is 0 Å². The number of hydrogen-bond acceptors (Lipinski definition) is 5. The zero-order valence-corrected chi connectivity index (χ0v) is 14.2. The quantitative estimate of drug-likeness (QED) is 0.739. The van der Waals surface area contributed by atoms with Crippen molar-refractivity contribution in [3.8, 4) is 0 Å². The highest BCUT2D eigenvalue weighted by Gasteiger charge is 2.06. The fourth-order valence-electron chi connectivity index (χ4n) is 2.71. The van der Waals surface area contributed by atoms with E-state index < -0.39 is 0 Å². The van der Waals surface area contributed by atoms with Crippen LogP contribution in [0.4, 0.5) is 17.3 Å². The van der Waals surface area contributed by atoms with Gasteiger partial charge in [-0.2, -0.15) is 0 Å². The predicted molar refractivity (Wildman–Crippen MR) is 97.5 cm³/mol. The van der Waals surface area contributed by atoms with Gasteiger partial charge in [0, 0.05) is 18.0 Å². The molecule has 0 atom stereocenters. The Morgan fingerprint density at radius 1 is 0.875 bits per heavy atom. The van der Waals surface area contributed by atoms with Crippen molar-refractivity contribution in [1.29, 1.82) is 0 Å². The molecule has 0 aliphatic carbocycles. The molecule has 0 amide bonds. The lowest BCUT2D eigenvalue weighted by Gasteiger charge is -2.14. The number of rotatable bonds is 5. The van der Waals surface area contributed by atoms with Gasteiger partial charge in [0.25, 0.3) is 0 Å². The van der Waals surface area contributed by atoms with Crippen molar-refractivity contribution in [3.05, 3.63) is 71.3 Å². The third-order valence-corrected chi connectivity index (χ3v) is 3.77. The maximum atomic E-state index is 4.32. The summed E-state index contributed by atoms with van der Waals surface area (Å²) in [6.07, 6.45) is 3.34. The van der Waals surface area contributed by atoms with Crippen LogP contribution in [0.3, 0.4) is 0 Å². The number of benzene rings is 1. The molecule has 0 spiro atoms. The van der Waals surface area contributed by atoms with Crippen LogP contribution >= 0.6 is 0 Å². The van der Waals surface area contributed by atoms with Gasteiger partial charge < -0.3 is 10.6 Å². The fraction of sp³-hybridized carbons (Fsp3) is 0.211. The first kappa shape index (κ1) is 15.9. The highest BCUT2D eigenvalue weighted by atomic mass is 15.1. The van der Waals surface area contributed by atoms with E-state index in [4.69, 9.17) is 0 Å². The van der Waals surface area contributed by atoms with E-state index in [0.717, 1.165) is 23.0 Å². The second-order valence-corrected chi connectivity index (χ2v) is 5.86. The molecule has 3 rings (SSSR count). The van der Waals surface area contributed by atoms with Crippen LogP contribution in [0.2, 0.25) is 0 Å². The number of anilines is 3. The molecular formula is C19H21N5. The summed E-state index contributed by atoms with van der Waals surface area (Å²) in [5.41, 5.74) is 5.73. The van der Waals surface area contributed by atoms with E-state index in [1.807, 2.05) is 24.3 Å². The average molecular weight is 319 g/mol. The number of aromatic nitrogens is 3. The van der Waals surface area contributed by atoms with Crippen LogP contribution in [0.5, 0.6) is 0 Å². The topological polar surface area (TPSA) is 62.7 Å². The zero-order valence-electron chi connectivity index (χ0n) is 14.2. The lowest BCUT2D eigenvalue weighted by atomic mass is 10.1. The molecule has 0 aliphatic rings. The first-order valence-electron chi connectivity index (χ1n) is 7.92. The minimum atomic E-state index is 0.625. The van der Waals surface area contributed by atoms with Crippen molar-refractivity contribution in [2.75, 3.05) is 10.6 Å². The number of nitrogens with one attached hydrogen (secondary N) is 2. The Labute approximate surface area is 142 Å². The van der Waals surface area contributed by atoms with Crippen molar-refractivity contribution >= 4 is 17.3 Å². The number of pyridine rings is 1. The molecule has 0 unspecified atom stereocenters. The molecule has 2 aromatic heterocycles. The predicted octanol–water partition coefficient (Wildman–Crippen LogP) is 4.15. The third kappa shape index (κ3) is 3.87. The summed E-state index contributed by atoms with van der Waals surface area (Å²) in [4.78, 5) is 12.9. The van der Waals surface area contributed by atoms with Crippen LogP contribution in [0, 0.1) is 20.8 Å². The van der Waals surface area contributed by atoms with E-state index >= 15 is 0 Å². The van der Waals surface area contributed by atoms with Crippen molar-refractivity contribution in [2.24, 2.45) is 0 Å². The smallest absolute Gasteiger partial charge is 0.135 e. The van der Waals surface area contributed by atoms with E-state index in [1.165, 1.54) is 16.7 Å². The lowest BCUT2D eigenvalue weighted by molar-refractivity contribution is 1.02. The highest BCUT2D eigenvalue weighted by Crippen LogP contribution is 2.25. The van der Waals surface area contributed by atoms with E-state index in [9.17, 15) is 0 Å². The van der Waals surface area contributed by atoms with Gasteiger partial charge in [-0.25, -0.2) is 9.97 Å². The zero-order chi connectivity index (χ0) is 16.9. The summed E-state index contributed by atoms with van der Waals surface area (Å²) in [7, 11) is 0. The summed E-state index contributed by atoms with van der Waals surface area (Å²) in [6, 6.07) is 12.1. The number of aryl methyl sites for hydroxylation is 3. The van der Waals surface area contributed by atoms with Crippen molar-refractivity contribution in [2.45, 2.75) is 27.3 Å².